The van der Waals surface area contributed by atoms with Crippen molar-refractivity contribution < 1.29 is 9.90 Å². The third-order valence-electron chi connectivity index (χ3n) is 2.09. The number of carbonyl (C=O) groups is 1. The molecule has 17 heavy (non-hydrogen) atoms. The molecule has 0 bridgehead atoms. The first-order valence-electron chi connectivity index (χ1n) is 4.60. The summed E-state index contributed by atoms with van der Waals surface area (Å²) in [6, 6.07) is 4.63. The first-order valence-corrected chi connectivity index (χ1v) is 4.60. The van der Waals surface area contributed by atoms with Crippen molar-refractivity contribution in [2.24, 2.45) is 0 Å². The molecule has 7 heteroatoms. The van der Waals surface area contributed by atoms with E-state index in [1.807, 2.05) is 0 Å². The SMILES string of the molecule is O=C(O)c1c[nH]c(=O)n(-c2ccccn2)c1=O. The van der Waals surface area contributed by atoms with E-state index in [-0.39, 0.29) is 5.82 Å². The lowest BCUT2D eigenvalue weighted by atomic mass is 10.3. The van der Waals surface area contributed by atoms with Gasteiger partial charge in [-0.1, -0.05) is 6.07 Å². The quantitative estimate of drug-likeness (QED) is 0.735. The molecule has 0 aliphatic heterocycles. The van der Waals surface area contributed by atoms with Gasteiger partial charge in [0.2, 0.25) is 0 Å². The van der Waals surface area contributed by atoms with Gasteiger partial charge in [-0.05, 0) is 12.1 Å². The fraction of sp³-hybridized carbons (Fsp3) is 0. The largest absolute Gasteiger partial charge is 0.477 e. The van der Waals surface area contributed by atoms with E-state index in [9.17, 15) is 14.4 Å². The predicted molar refractivity (Wildman–Crippen MR) is 57.4 cm³/mol. The van der Waals surface area contributed by atoms with Gasteiger partial charge in [-0.2, -0.15) is 0 Å². The minimum absolute atomic E-state index is 0.0712. The normalized spacial score (nSPS) is 10.1. The zero-order valence-corrected chi connectivity index (χ0v) is 8.45. The first kappa shape index (κ1) is 10.8. The number of rotatable bonds is 2. The fourth-order valence-electron chi connectivity index (χ4n) is 1.32. The van der Waals surface area contributed by atoms with E-state index in [0.29, 0.717) is 4.57 Å². The molecule has 86 valence electrons. The van der Waals surface area contributed by atoms with Crippen LogP contribution in [-0.2, 0) is 0 Å². The van der Waals surface area contributed by atoms with Crippen molar-refractivity contribution in [1.29, 1.82) is 0 Å². The molecule has 0 unspecified atom stereocenters. The van der Waals surface area contributed by atoms with Gasteiger partial charge >= 0.3 is 11.7 Å². The molecule has 0 saturated carbocycles. The molecule has 2 aromatic heterocycles. The van der Waals surface area contributed by atoms with Gasteiger partial charge in [0.05, 0.1) is 0 Å². The average Bonchev–Trinajstić information content (AvgIpc) is 2.30. The Balaban J connectivity index is 2.79. The van der Waals surface area contributed by atoms with Gasteiger partial charge in [0.1, 0.15) is 11.4 Å². The fourth-order valence-corrected chi connectivity index (χ4v) is 1.32. The highest BCUT2D eigenvalue weighted by Crippen LogP contribution is 1.96. The number of aromatic carboxylic acids is 1. The Morgan fingerprint density at radius 2 is 2.12 bits per heavy atom. The molecular weight excluding hydrogens is 226 g/mol. The van der Waals surface area contributed by atoms with Gasteiger partial charge in [0.25, 0.3) is 5.56 Å². The lowest BCUT2D eigenvalue weighted by molar-refractivity contribution is 0.0694. The molecule has 2 rings (SSSR count). The maximum Gasteiger partial charge on any atom is 0.342 e. The van der Waals surface area contributed by atoms with Crippen LogP contribution in [0.5, 0.6) is 0 Å². The van der Waals surface area contributed by atoms with Crippen LogP contribution < -0.4 is 11.2 Å². The summed E-state index contributed by atoms with van der Waals surface area (Å²) in [6.07, 6.45) is 2.26. The smallest absolute Gasteiger partial charge is 0.342 e. The van der Waals surface area contributed by atoms with Crippen LogP contribution in [0.3, 0.4) is 0 Å². The highest BCUT2D eigenvalue weighted by molar-refractivity contribution is 5.86. The molecule has 0 aromatic carbocycles. The molecule has 2 aromatic rings. The number of carboxylic acid groups (broad SMARTS) is 1. The Hall–Kier alpha value is -2.70. The molecule has 0 spiro atoms. The second-order valence-corrected chi connectivity index (χ2v) is 3.14. The van der Waals surface area contributed by atoms with Gasteiger partial charge in [-0.15, -0.1) is 0 Å². The summed E-state index contributed by atoms with van der Waals surface area (Å²) in [5, 5.41) is 8.77. The van der Waals surface area contributed by atoms with Crippen molar-refractivity contribution in [3.8, 4) is 5.82 Å². The predicted octanol–water partition coefficient (Wildman–Crippen LogP) is -0.381. The number of H-pyrrole nitrogens is 1. The van der Waals surface area contributed by atoms with Crippen molar-refractivity contribution >= 4 is 5.97 Å². The first-order chi connectivity index (χ1) is 8.11. The van der Waals surface area contributed by atoms with Crippen molar-refractivity contribution in [1.82, 2.24) is 14.5 Å². The van der Waals surface area contributed by atoms with E-state index in [2.05, 4.69) is 9.97 Å². The molecule has 2 N–H and O–H groups in total. The Bertz CT molecular complexity index is 672. The van der Waals surface area contributed by atoms with Gasteiger partial charge in [-0.3, -0.25) is 4.79 Å². The van der Waals surface area contributed by atoms with Gasteiger partial charge in [-0.25, -0.2) is 19.1 Å². The zero-order valence-electron chi connectivity index (χ0n) is 8.45. The molecule has 2 heterocycles. The lowest BCUT2D eigenvalue weighted by Gasteiger charge is -2.03. The molecule has 0 aliphatic carbocycles. The summed E-state index contributed by atoms with van der Waals surface area (Å²) < 4.78 is 0.670. The molecular formula is C10H7N3O4. The molecule has 0 radical (unpaired) electrons. The van der Waals surface area contributed by atoms with Crippen LogP contribution in [0.25, 0.3) is 5.82 Å². The van der Waals surface area contributed by atoms with Crippen LogP contribution in [0, 0.1) is 0 Å². The number of hydrogen-bond acceptors (Lipinski definition) is 4. The Kier molecular flexibility index (Phi) is 2.57. The molecule has 7 nitrogen and oxygen atoms in total. The Morgan fingerprint density at radius 1 is 1.35 bits per heavy atom. The van der Waals surface area contributed by atoms with E-state index in [0.717, 1.165) is 6.20 Å². The number of aromatic nitrogens is 3. The molecule has 0 amide bonds. The topological polar surface area (TPSA) is 105 Å². The van der Waals surface area contributed by atoms with Gasteiger partial charge < -0.3 is 10.1 Å². The van der Waals surface area contributed by atoms with E-state index < -0.39 is 22.8 Å². The second-order valence-electron chi connectivity index (χ2n) is 3.14. The molecule has 0 atom stereocenters. The summed E-state index contributed by atoms with van der Waals surface area (Å²) in [4.78, 5) is 40.0. The van der Waals surface area contributed by atoms with E-state index in [1.165, 1.54) is 12.3 Å². The van der Waals surface area contributed by atoms with Crippen molar-refractivity contribution in [2.45, 2.75) is 0 Å². The van der Waals surface area contributed by atoms with Crippen LogP contribution in [-0.4, -0.2) is 25.6 Å². The number of nitrogens with one attached hydrogen (secondary N) is 1. The number of aromatic amines is 1. The summed E-state index contributed by atoms with van der Waals surface area (Å²) >= 11 is 0. The van der Waals surface area contributed by atoms with E-state index >= 15 is 0 Å². The number of nitrogens with zero attached hydrogens (tertiary/aromatic N) is 2. The Morgan fingerprint density at radius 3 is 2.71 bits per heavy atom. The van der Waals surface area contributed by atoms with Crippen molar-refractivity contribution in [3.05, 3.63) is 57.0 Å². The standard InChI is InChI=1S/C10H7N3O4/c14-8-6(9(15)16)5-12-10(17)13(8)7-3-1-2-4-11-7/h1-5H,(H,12,17)(H,15,16). The Labute approximate surface area is 94.0 Å². The molecule has 0 saturated heterocycles. The highest BCUT2D eigenvalue weighted by atomic mass is 16.4. The molecule has 0 fully saturated rings. The molecule has 0 aliphatic rings. The van der Waals surface area contributed by atoms with E-state index in [4.69, 9.17) is 5.11 Å². The number of carboxylic acids is 1. The monoisotopic (exact) mass is 233 g/mol. The van der Waals surface area contributed by atoms with Crippen molar-refractivity contribution in [3.63, 3.8) is 0 Å². The number of hydrogen-bond donors (Lipinski definition) is 2. The minimum atomic E-state index is -1.41. The summed E-state index contributed by atoms with van der Waals surface area (Å²) in [7, 11) is 0. The maximum absolute atomic E-state index is 11.8. The third kappa shape index (κ3) is 1.85. The van der Waals surface area contributed by atoms with E-state index in [1.54, 1.807) is 12.1 Å². The zero-order chi connectivity index (χ0) is 12.4. The van der Waals surface area contributed by atoms with Gasteiger partial charge in [0, 0.05) is 12.4 Å². The van der Waals surface area contributed by atoms with Crippen LogP contribution in [0.15, 0.2) is 40.2 Å². The van der Waals surface area contributed by atoms with Crippen LogP contribution >= 0.6 is 0 Å². The summed E-state index contributed by atoms with van der Waals surface area (Å²) in [6.45, 7) is 0. The van der Waals surface area contributed by atoms with Gasteiger partial charge in [0.15, 0.2) is 0 Å². The lowest BCUT2D eigenvalue weighted by Crippen LogP contribution is -2.37. The second kappa shape index (κ2) is 4.05. The van der Waals surface area contributed by atoms with Crippen LogP contribution in [0.4, 0.5) is 0 Å². The summed E-state index contributed by atoms with van der Waals surface area (Å²) in [5.41, 5.74) is -2.17. The minimum Gasteiger partial charge on any atom is -0.477 e. The highest BCUT2D eigenvalue weighted by Gasteiger charge is 2.14. The maximum atomic E-state index is 11.8. The average molecular weight is 233 g/mol. The number of pyridine rings is 1. The van der Waals surface area contributed by atoms with Crippen molar-refractivity contribution in [2.75, 3.05) is 0 Å². The third-order valence-corrected chi connectivity index (χ3v) is 2.09. The summed E-state index contributed by atoms with van der Waals surface area (Å²) in [5.74, 6) is -1.34. The van der Waals surface area contributed by atoms with Crippen LogP contribution in [0.1, 0.15) is 10.4 Å². The van der Waals surface area contributed by atoms with Crippen LogP contribution in [0.2, 0.25) is 0 Å².